The lowest BCUT2D eigenvalue weighted by Gasteiger charge is -2.22. The molecule has 0 bridgehead atoms. The van der Waals surface area contributed by atoms with E-state index in [0.29, 0.717) is 28.5 Å². The summed E-state index contributed by atoms with van der Waals surface area (Å²) >= 11 is 1.45. The van der Waals surface area contributed by atoms with E-state index in [1.165, 1.54) is 11.3 Å². The van der Waals surface area contributed by atoms with Crippen molar-refractivity contribution in [2.45, 2.75) is 38.6 Å². The number of nitrogens with one attached hydrogen (secondary N) is 2. The lowest BCUT2D eigenvalue weighted by atomic mass is 10.0. The van der Waals surface area contributed by atoms with Gasteiger partial charge in [0.2, 0.25) is 5.95 Å². The van der Waals surface area contributed by atoms with Gasteiger partial charge in [0.25, 0.3) is 0 Å². The van der Waals surface area contributed by atoms with Gasteiger partial charge in [0.15, 0.2) is 0 Å². The van der Waals surface area contributed by atoms with Crippen LogP contribution in [0.1, 0.15) is 19.0 Å². The summed E-state index contributed by atoms with van der Waals surface area (Å²) in [7, 11) is 0. The van der Waals surface area contributed by atoms with Gasteiger partial charge in [-0.1, -0.05) is 19.1 Å². The number of alkyl halides is 3. The van der Waals surface area contributed by atoms with E-state index in [0.717, 1.165) is 10.2 Å². The first kappa shape index (κ1) is 22.7. The Hall–Kier alpha value is -2.50. The maximum atomic E-state index is 12.7. The number of para-hydroxylation sites is 1. The maximum Gasteiger partial charge on any atom is 0.405 e. The molecule has 3 aromatic rings. The molecular weight excluding hydrogens is 443 g/mol. The molecule has 0 spiro atoms. The van der Waals surface area contributed by atoms with Crippen LogP contribution in [0.4, 0.5) is 24.9 Å². The average molecular weight is 468 g/mol. The summed E-state index contributed by atoms with van der Waals surface area (Å²) in [6.45, 7) is 2.18. The highest BCUT2D eigenvalue weighted by atomic mass is 32.1. The van der Waals surface area contributed by atoms with Crippen LogP contribution in [-0.4, -0.2) is 56.6 Å². The fraction of sp³-hybridized carbons (Fsp3) is 0.476. The van der Waals surface area contributed by atoms with E-state index in [9.17, 15) is 23.4 Å². The molecule has 1 fully saturated rings. The van der Waals surface area contributed by atoms with Gasteiger partial charge in [0, 0.05) is 24.5 Å². The second-order valence-electron chi connectivity index (χ2n) is 8.09. The second-order valence-corrected chi connectivity index (χ2v) is 9.12. The van der Waals surface area contributed by atoms with Crippen LogP contribution in [0.5, 0.6) is 0 Å². The van der Waals surface area contributed by atoms with E-state index in [4.69, 9.17) is 0 Å². The lowest BCUT2D eigenvalue weighted by molar-refractivity contribution is -0.115. The standard InChI is InChI=1S/C21H24F3N5O2S/c1-10-14(7-12(8-30)17(10)31)27-18-16(19-28-13-5-3-4-6-15(13)32-19)11(2)26-20(29-18)25-9-21(22,23)24/h3-6,10,12,14,17,30-31H,7-9H2,1-2H3,(H2,25,26,27,29)/t10-,12+,14+,17-/m1/s1. The summed E-state index contributed by atoms with van der Waals surface area (Å²) in [5.74, 6) is -0.252. The van der Waals surface area contributed by atoms with Crippen molar-refractivity contribution in [3.05, 3.63) is 30.0 Å². The number of anilines is 2. The molecule has 0 radical (unpaired) electrons. The number of hydrogen-bond acceptors (Lipinski definition) is 8. The zero-order valence-corrected chi connectivity index (χ0v) is 18.3. The number of benzene rings is 1. The first-order valence-electron chi connectivity index (χ1n) is 10.3. The van der Waals surface area contributed by atoms with Crippen molar-refractivity contribution in [1.82, 2.24) is 15.0 Å². The molecule has 4 N–H and O–H groups in total. The first-order valence-corrected chi connectivity index (χ1v) is 11.1. The maximum absolute atomic E-state index is 12.7. The Morgan fingerprint density at radius 2 is 1.94 bits per heavy atom. The number of rotatable bonds is 6. The minimum atomic E-state index is -4.41. The van der Waals surface area contributed by atoms with Crippen LogP contribution in [0.2, 0.25) is 0 Å². The normalized spacial score (nSPS) is 23.6. The van der Waals surface area contributed by atoms with Crippen LogP contribution in [0.15, 0.2) is 24.3 Å². The number of aryl methyl sites for hydroxylation is 1. The molecule has 32 heavy (non-hydrogen) atoms. The number of nitrogens with zero attached hydrogens (tertiary/aromatic N) is 3. The fourth-order valence-corrected chi connectivity index (χ4v) is 5.13. The summed E-state index contributed by atoms with van der Waals surface area (Å²) in [4.78, 5) is 13.3. The van der Waals surface area contributed by atoms with E-state index in [-0.39, 0.29) is 30.4 Å². The minimum Gasteiger partial charge on any atom is -0.396 e. The largest absolute Gasteiger partial charge is 0.405 e. The Morgan fingerprint density at radius 1 is 1.19 bits per heavy atom. The molecule has 1 aliphatic carbocycles. The Labute approximate surface area is 186 Å². The van der Waals surface area contributed by atoms with Crippen LogP contribution in [0.25, 0.3) is 20.8 Å². The second kappa shape index (κ2) is 8.80. The number of aromatic nitrogens is 3. The molecule has 2 aromatic heterocycles. The number of thiazole rings is 1. The van der Waals surface area contributed by atoms with Gasteiger partial charge >= 0.3 is 6.18 Å². The SMILES string of the molecule is Cc1nc(NCC(F)(F)F)nc(N[C@H]2C[C@@H](CO)[C@H](O)[C@@H]2C)c1-c1nc2ccccc2s1. The smallest absolute Gasteiger partial charge is 0.396 e. The highest BCUT2D eigenvalue weighted by molar-refractivity contribution is 7.21. The number of aliphatic hydroxyl groups excluding tert-OH is 2. The molecule has 11 heteroatoms. The van der Waals surface area contributed by atoms with Crippen LogP contribution in [0.3, 0.4) is 0 Å². The molecule has 0 unspecified atom stereocenters. The first-order chi connectivity index (χ1) is 15.2. The minimum absolute atomic E-state index is 0.142. The highest BCUT2D eigenvalue weighted by Gasteiger charge is 2.40. The van der Waals surface area contributed by atoms with Gasteiger partial charge in [0.05, 0.1) is 27.6 Å². The zero-order valence-electron chi connectivity index (χ0n) is 17.5. The summed E-state index contributed by atoms with van der Waals surface area (Å²) in [5, 5.41) is 26.1. The van der Waals surface area contributed by atoms with Gasteiger partial charge in [-0.15, -0.1) is 11.3 Å². The van der Waals surface area contributed by atoms with Gasteiger partial charge in [-0.05, 0) is 25.5 Å². The molecule has 0 aliphatic heterocycles. The van der Waals surface area contributed by atoms with Gasteiger partial charge in [-0.2, -0.15) is 18.2 Å². The quantitative estimate of drug-likeness (QED) is 0.437. The van der Waals surface area contributed by atoms with Crippen molar-refractivity contribution in [1.29, 1.82) is 0 Å². The van der Waals surface area contributed by atoms with Crippen LogP contribution in [-0.2, 0) is 0 Å². The lowest BCUT2D eigenvalue weighted by Crippen LogP contribution is -2.29. The molecule has 1 saturated carbocycles. The fourth-order valence-electron chi connectivity index (χ4n) is 4.07. The molecular formula is C21H24F3N5O2S. The predicted molar refractivity (Wildman–Crippen MR) is 118 cm³/mol. The Balaban J connectivity index is 1.74. The van der Waals surface area contributed by atoms with Crippen molar-refractivity contribution >= 4 is 33.3 Å². The van der Waals surface area contributed by atoms with E-state index in [2.05, 4.69) is 25.6 Å². The monoisotopic (exact) mass is 467 g/mol. The third-order valence-corrected chi connectivity index (χ3v) is 6.87. The Bertz CT molecular complexity index is 1070. The summed E-state index contributed by atoms with van der Waals surface area (Å²) in [5.41, 5.74) is 1.90. The van der Waals surface area contributed by atoms with E-state index < -0.39 is 18.8 Å². The summed E-state index contributed by atoms with van der Waals surface area (Å²) in [6.07, 6.45) is -4.59. The average Bonchev–Trinajstić information content (AvgIpc) is 3.27. The van der Waals surface area contributed by atoms with Gasteiger partial charge < -0.3 is 20.8 Å². The van der Waals surface area contributed by atoms with Gasteiger partial charge in [-0.3, -0.25) is 0 Å². The molecule has 1 aromatic carbocycles. The number of hydrogen-bond donors (Lipinski definition) is 4. The highest BCUT2D eigenvalue weighted by Crippen LogP contribution is 2.39. The molecule has 172 valence electrons. The number of halogens is 3. The Morgan fingerprint density at radius 3 is 2.59 bits per heavy atom. The Kier molecular flexibility index (Phi) is 6.24. The van der Waals surface area contributed by atoms with E-state index in [1.54, 1.807) is 6.92 Å². The molecule has 4 atom stereocenters. The number of fused-ring (bicyclic) bond motifs is 1. The molecule has 4 rings (SSSR count). The van der Waals surface area contributed by atoms with Crippen molar-refractivity contribution in [2.24, 2.45) is 11.8 Å². The molecule has 0 saturated heterocycles. The van der Waals surface area contributed by atoms with Crippen LogP contribution < -0.4 is 10.6 Å². The van der Waals surface area contributed by atoms with Crippen molar-refractivity contribution in [2.75, 3.05) is 23.8 Å². The van der Waals surface area contributed by atoms with E-state index >= 15 is 0 Å². The molecule has 1 aliphatic rings. The molecule has 0 amide bonds. The van der Waals surface area contributed by atoms with Crippen molar-refractivity contribution in [3.63, 3.8) is 0 Å². The summed E-state index contributed by atoms with van der Waals surface area (Å²) < 4.78 is 39.1. The number of aliphatic hydroxyl groups is 2. The third kappa shape index (κ3) is 4.64. The van der Waals surface area contributed by atoms with Crippen molar-refractivity contribution < 1.29 is 23.4 Å². The van der Waals surface area contributed by atoms with Gasteiger partial charge in [0.1, 0.15) is 17.4 Å². The molecule has 7 nitrogen and oxygen atoms in total. The van der Waals surface area contributed by atoms with Crippen LogP contribution in [0, 0.1) is 18.8 Å². The third-order valence-electron chi connectivity index (χ3n) is 5.81. The molecule has 2 heterocycles. The van der Waals surface area contributed by atoms with E-state index in [1.807, 2.05) is 31.2 Å². The topological polar surface area (TPSA) is 103 Å². The summed E-state index contributed by atoms with van der Waals surface area (Å²) in [6, 6.07) is 7.40. The predicted octanol–water partition coefficient (Wildman–Crippen LogP) is 3.83. The van der Waals surface area contributed by atoms with Crippen molar-refractivity contribution in [3.8, 4) is 10.6 Å². The zero-order chi connectivity index (χ0) is 23.0. The van der Waals surface area contributed by atoms with Gasteiger partial charge in [-0.25, -0.2) is 9.97 Å². The van der Waals surface area contributed by atoms with Crippen LogP contribution >= 0.6 is 11.3 Å².